The lowest BCUT2D eigenvalue weighted by Crippen LogP contribution is -2.61. The number of aromatic nitrogens is 1. The summed E-state index contributed by atoms with van der Waals surface area (Å²) >= 11 is 0. The number of aryl methyl sites for hydroxylation is 2. The minimum atomic E-state index is -4.16. The molecular formula is C32H37N5O5S. The number of hydrogen-bond acceptors (Lipinski definition) is 8. The maximum absolute atomic E-state index is 13.1. The number of pyridine rings is 1. The lowest BCUT2D eigenvalue weighted by molar-refractivity contribution is -0.128. The second kappa shape index (κ2) is 13.2. The molecule has 0 spiro atoms. The summed E-state index contributed by atoms with van der Waals surface area (Å²) in [5.41, 5.74) is 10.7. The van der Waals surface area contributed by atoms with E-state index in [2.05, 4.69) is 38.9 Å². The van der Waals surface area contributed by atoms with Crippen molar-refractivity contribution in [2.24, 2.45) is 5.73 Å². The number of sulfonamides is 1. The number of fused-ring (bicyclic) bond motifs is 1. The molecule has 2 heterocycles. The van der Waals surface area contributed by atoms with Gasteiger partial charge in [-0.15, -0.1) is 0 Å². The van der Waals surface area contributed by atoms with Gasteiger partial charge >= 0.3 is 0 Å². The average molecular weight is 604 g/mol. The second-order valence-electron chi connectivity index (χ2n) is 10.9. The van der Waals surface area contributed by atoms with E-state index in [0.717, 1.165) is 28.7 Å². The largest absolute Gasteiger partial charge is 0.489 e. The Bertz CT molecular complexity index is 1670. The Kier molecular flexibility index (Phi) is 9.38. The Morgan fingerprint density at radius 3 is 2.35 bits per heavy atom. The molecule has 0 aliphatic carbocycles. The summed E-state index contributed by atoms with van der Waals surface area (Å²) < 4.78 is 34.4. The van der Waals surface area contributed by atoms with Crippen molar-refractivity contribution in [2.75, 3.05) is 26.2 Å². The van der Waals surface area contributed by atoms with E-state index in [1.807, 2.05) is 44.2 Å². The maximum atomic E-state index is 13.1. The molecule has 4 aromatic rings. The average Bonchev–Trinajstić information content (AvgIpc) is 2.98. The lowest BCUT2D eigenvalue weighted by Gasteiger charge is -2.39. The highest BCUT2D eigenvalue weighted by molar-refractivity contribution is 7.89. The number of nitrogens with one attached hydrogen (secondary N) is 1. The summed E-state index contributed by atoms with van der Waals surface area (Å²) in [5, 5.41) is 11.8. The summed E-state index contributed by atoms with van der Waals surface area (Å²) in [6.45, 7) is 7.22. The smallest absolute Gasteiger partial charge is 0.242 e. The molecule has 3 aromatic carbocycles. The van der Waals surface area contributed by atoms with Gasteiger partial charge in [-0.2, -0.15) is 4.72 Å². The maximum Gasteiger partial charge on any atom is 0.242 e. The van der Waals surface area contributed by atoms with E-state index in [0.29, 0.717) is 31.9 Å². The third-order valence-electron chi connectivity index (χ3n) is 7.65. The van der Waals surface area contributed by atoms with Crippen LogP contribution >= 0.6 is 0 Å². The number of ether oxygens (including phenoxy) is 1. The van der Waals surface area contributed by atoms with Gasteiger partial charge in [0.2, 0.25) is 15.9 Å². The van der Waals surface area contributed by atoms with Crippen molar-refractivity contribution in [2.45, 2.75) is 44.2 Å². The molecule has 2 atom stereocenters. The highest BCUT2D eigenvalue weighted by Gasteiger charge is 2.35. The third-order valence-corrected chi connectivity index (χ3v) is 9.10. The molecule has 1 aliphatic heterocycles. The second-order valence-corrected chi connectivity index (χ2v) is 12.6. The minimum absolute atomic E-state index is 0.0738. The van der Waals surface area contributed by atoms with Crippen molar-refractivity contribution in [3.8, 4) is 5.75 Å². The molecule has 1 amide bonds. The predicted molar refractivity (Wildman–Crippen MR) is 165 cm³/mol. The van der Waals surface area contributed by atoms with Gasteiger partial charge in [0.15, 0.2) is 0 Å². The van der Waals surface area contributed by atoms with Gasteiger partial charge in [0.25, 0.3) is 0 Å². The molecule has 43 heavy (non-hydrogen) atoms. The van der Waals surface area contributed by atoms with Crippen LogP contribution in [0.5, 0.6) is 5.75 Å². The lowest BCUT2D eigenvalue weighted by atomic mass is 10.1. The van der Waals surface area contributed by atoms with Gasteiger partial charge < -0.3 is 15.6 Å². The van der Waals surface area contributed by atoms with E-state index in [4.69, 9.17) is 10.5 Å². The number of nitrogens with two attached hydrogens (primary N) is 1. The summed E-state index contributed by atoms with van der Waals surface area (Å²) in [5.74, 6) is -0.318. The van der Waals surface area contributed by atoms with E-state index in [9.17, 15) is 18.3 Å². The first-order chi connectivity index (χ1) is 20.6. The van der Waals surface area contributed by atoms with Gasteiger partial charge in [0.1, 0.15) is 24.6 Å². The first-order valence-electron chi connectivity index (χ1n) is 14.2. The van der Waals surface area contributed by atoms with Gasteiger partial charge in [0, 0.05) is 49.4 Å². The van der Waals surface area contributed by atoms with Crippen LogP contribution in [0, 0.1) is 13.8 Å². The molecule has 5 rings (SSSR count). The topological polar surface area (TPSA) is 138 Å². The van der Waals surface area contributed by atoms with Gasteiger partial charge in [0.05, 0.1) is 10.4 Å². The number of carbonyl (C=O) groups is 1. The fourth-order valence-electron chi connectivity index (χ4n) is 5.37. The highest BCUT2D eigenvalue weighted by atomic mass is 32.2. The van der Waals surface area contributed by atoms with Crippen molar-refractivity contribution < 1.29 is 23.1 Å². The number of aliphatic hydroxyl groups is 1. The van der Waals surface area contributed by atoms with Crippen LogP contribution in [0.15, 0.2) is 83.8 Å². The molecule has 1 aliphatic rings. The van der Waals surface area contributed by atoms with Gasteiger partial charge in [-0.3, -0.25) is 19.6 Å². The molecule has 2 unspecified atom stereocenters. The fourth-order valence-corrected chi connectivity index (χ4v) is 6.45. The quantitative estimate of drug-likeness (QED) is 0.223. The van der Waals surface area contributed by atoms with Crippen LogP contribution < -0.4 is 15.2 Å². The van der Waals surface area contributed by atoms with Crippen LogP contribution in [0.3, 0.4) is 0 Å². The number of nitrogens with zero attached hydrogens (tertiary/aromatic N) is 3. The molecule has 10 nitrogen and oxygen atoms in total. The van der Waals surface area contributed by atoms with E-state index in [1.54, 1.807) is 17.0 Å². The van der Waals surface area contributed by atoms with Crippen molar-refractivity contribution in [1.82, 2.24) is 19.5 Å². The standard InChI is InChI=1S/C32H37N5O5S/c1-22-7-9-24(10-8-22)20-36-15-17-37(18-16-36)30(31(33)38)32(39)35-43(40,41)27-13-11-26(12-14-27)42-21-25-19-23(2)34-29-6-4-3-5-28(25)29/h3-14,19,30,32,35,39H,15-18,20-21H2,1-2H3,(H2,33,38). The highest BCUT2D eigenvalue weighted by Crippen LogP contribution is 2.22. The Hall–Kier alpha value is -3.87. The fraction of sp³-hybridized carbons (Fsp3) is 0.312. The van der Waals surface area contributed by atoms with Crippen molar-refractivity contribution in [3.05, 3.63) is 101 Å². The van der Waals surface area contributed by atoms with Gasteiger partial charge in [-0.25, -0.2) is 8.42 Å². The number of amides is 1. The molecule has 1 aromatic heterocycles. The summed E-state index contributed by atoms with van der Waals surface area (Å²) in [6, 6.07) is 22.8. The minimum Gasteiger partial charge on any atom is -0.489 e. The van der Waals surface area contributed by atoms with Gasteiger partial charge in [-0.1, -0.05) is 48.0 Å². The zero-order chi connectivity index (χ0) is 30.6. The number of carbonyl (C=O) groups excluding carboxylic acids is 1. The summed E-state index contributed by atoms with van der Waals surface area (Å²) in [4.78, 5) is 20.8. The third kappa shape index (κ3) is 7.56. The van der Waals surface area contributed by atoms with E-state index in [-0.39, 0.29) is 11.5 Å². The molecule has 4 N–H and O–H groups in total. The first-order valence-corrected chi connectivity index (χ1v) is 15.7. The molecule has 1 fully saturated rings. The van der Waals surface area contributed by atoms with Crippen LogP contribution in [-0.4, -0.2) is 72.7 Å². The predicted octanol–water partition coefficient (Wildman–Crippen LogP) is 2.70. The molecule has 0 bridgehead atoms. The van der Waals surface area contributed by atoms with Crippen molar-refractivity contribution in [3.63, 3.8) is 0 Å². The number of aliphatic hydroxyl groups excluding tert-OH is 1. The van der Waals surface area contributed by atoms with Crippen molar-refractivity contribution in [1.29, 1.82) is 0 Å². The SMILES string of the molecule is Cc1ccc(CN2CCN(C(C(N)=O)C(O)NS(=O)(=O)c3ccc(OCc4cc(C)nc5ccccc45)cc3)CC2)cc1. The Morgan fingerprint density at radius 1 is 1.00 bits per heavy atom. The Morgan fingerprint density at radius 2 is 1.67 bits per heavy atom. The zero-order valence-electron chi connectivity index (χ0n) is 24.3. The molecule has 226 valence electrons. The molecule has 0 radical (unpaired) electrons. The van der Waals surface area contributed by atoms with Crippen LogP contribution in [0.1, 0.15) is 22.4 Å². The molecular weight excluding hydrogens is 566 g/mol. The zero-order valence-corrected chi connectivity index (χ0v) is 25.1. The van der Waals surface area contributed by atoms with E-state index >= 15 is 0 Å². The summed E-state index contributed by atoms with van der Waals surface area (Å²) in [7, 11) is -4.16. The number of para-hydroxylation sites is 1. The van der Waals surface area contributed by atoms with Crippen LogP contribution in [0.2, 0.25) is 0 Å². The monoisotopic (exact) mass is 603 g/mol. The number of hydrogen-bond donors (Lipinski definition) is 3. The number of benzene rings is 3. The van der Waals surface area contributed by atoms with Crippen molar-refractivity contribution >= 4 is 26.8 Å². The molecule has 1 saturated heterocycles. The van der Waals surface area contributed by atoms with E-state index < -0.39 is 28.2 Å². The number of primary amides is 1. The molecule has 11 heteroatoms. The number of rotatable bonds is 11. The normalized spacial score (nSPS) is 16.2. The Labute approximate surface area is 252 Å². The first kappa shape index (κ1) is 30.6. The van der Waals surface area contributed by atoms with Crippen LogP contribution in [-0.2, 0) is 28.0 Å². The van der Waals surface area contributed by atoms with E-state index in [1.165, 1.54) is 23.3 Å². The molecule has 0 saturated carbocycles. The Balaban J connectivity index is 1.18. The summed E-state index contributed by atoms with van der Waals surface area (Å²) in [6.07, 6.45) is -1.72. The van der Waals surface area contributed by atoms with Crippen LogP contribution in [0.25, 0.3) is 10.9 Å². The van der Waals surface area contributed by atoms with Gasteiger partial charge in [-0.05, 0) is 55.8 Å². The number of piperazine rings is 1. The van der Waals surface area contributed by atoms with Crippen LogP contribution in [0.4, 0.5) is 0 Å².